The molecule has 2 aliphatic heterocycles. The molecule has 0 aromatic rings. The molecule has 0 fully saturated rings. The number of carboxylic acids is 1. The van der Waals surface area contributed by atoms with Gasteiger partial charge in [0.25, 0.3) is 0 Å². The van der Waals surface area contributed by atoms with Crippen LogP contribution in [-0.2, 0) is 4.79 Å². The van der Waals surface area contributed by atoms with Crippen LogP contribution in [0.4, 0.5) is 0 Å². The van der Waals surface area contributed by atoms with Crippen molar-refractivity contribution in [1.82, 2.24) is 0 Å². The Bertz CT molecular complexity index is 548. The maximum absolute atomic E-state index is 10.6. The Labute approximate surface area is 99.0 Å². The first-order valence-corrected chi connectivity index (χ1v) is 5.71. The molecule has 0 N–H and O–H groups in total. The number of hydrogen-bond donors (Lipinski definition) is 0. The molecule has 0 bridgehead atoms. The summed E-state index contributed by atoms with van der Waals surface area (Å²) in [6.07, 6.45) is 9.78. The van der Waals surface area contributed by atoms with E-state index in [1.54, 1.807) is 4.58 Å². The van der Waals surface area contributed by atoms with Crippen LogP contribution in [0.3, 0.4) is 0 Å². The molecule has 0 saturated heterocycles. The fourth-order valence-electron chi connectivity index (χ4n) is 2.45. The highest BCUT2D eigenvalue weighted by molar-refractivity contribution is 6.38. The highest BCUT2D eigenvalue weighted by Crippen LogP contribution is 2.33. The Balaban J connectivity index is 1.95. The number of aliphatic carboxylic acids is 1. The summed E-state index contributed by atoms with van der Waals surface area (Å²) in [5.74, 6) is -1.05. The van der Waals surface area contributed by atoms with E-state index in [-0.39, 0.29) is 6.54 Å². The van der Waals surface area contributed by atoms with Crippen LogP contribution in [0.2, 0.25) is 0 Å². The second kappa shape index (κ2) is 3.80. The third kappa shape index (κ3) is 1.75. The third-order valence-corrected chi connectivity index (χ3v) is 3.22. The Kier molecular flexibility index (Phi) is 2.28. The molecule has 0 radical (unpaired) electrons. The Morgan fingerprint density at radius 2 is 2.35 bits per heavy atom. The Hall–Kier alpha value is -1.97. The molecule has 0 aromatic carbocycles. The van der Waals surface area contributed by atoms with Crippen molar-refractivity contribution in [3.05, 3.63) is 35.1 Å². The van der Waals surface area contributed by atoms with E-state index in [1.807, 2.05) is 18.4 Å². The number of aliphatic imine (C=N–C) groups is 1. The lowest BCUT2D eigenvalue weighted by Crippen LogP contribution is -2.37. The van der Waals surface area contributed by atoms with E-state index in [0.29, 0.717) is 0 Å². The van der Waals surface area contributed by atoms with Gasteiger partial charge in [0.05, 0.1) is 5.70 Å². The molecule has 1 aliphatic carbocycles. The second-order valence-electron chi connectivity index (χ2n) is 4.36. The number of fused-ring (bicyclic) bond motifs is 2. The molecule has 2 heterocycles. The van der Waals surface area contributed by atoms with Crippen molar-refractivity contribution in [2.75, 3.05) is 13.1 Å². The SMILES string of the molecule is O=C([O-])C[N+]1=CC2=NC3=CC=CCC3=C2CC1. The average molecular weight is 228 g/mol. The second-order valence-corrected chi connectivity index (χ2v) is 4.36. The highest BCUT2D eigenvalue weighted by Gasteiger charge is 2.29. The first kappa shape index (κ1) is 10.2. The van der Waals surface area contributed by atoms with E-state index in [1.165, 1.54) is 11.1 Å². The maximum Gasteiger partial charge on any atom is 0.190 e. The molecule has 3 aliphatic rings. The first-order chi connectivity index (χ1) is 8.24. The molecule has 0 atom stereocenters. The van der Waals surface area contributed by atoms with Gasteiger partial charge >= 0.3 is 0 Å². The zero-order valence-corrected chi connectivity index (χ0v) is 9.35. The van der Waals surface area contributed by atoms with Crippen LogP contribution in [0, 0.1) is 0 Å². The molecule has 17 heavy (non-hydrogen) atoms. The summed E-state index contributed by atoms with van der Waals surface area (Å²) in [5.41, 5.74) is 4.52. The lowest BCUT2D eigenvalue weighted by molar-refractivity contribution is -0.523. The molecular formula is C13H12N2O2. The van der Waals surface area contributed by atoms with Gasteiger partial charge in [-0.05, 0) is 23.6 Å². The standard InChI is InChI=1S/C13H12N2O2/c16-13(17)8-15-6-5-10-9-3-1-2-4-11(9)14-12(10)7-15/h1-2,4,7H,3,5-6,8H2. The number of carboxylic acid groups (broad SMARTS) is 1. The number of carbonyl (C=O) groups excluding carboxylic acids is 1. The minimum Gasteiger partial charge on any atom is -0.544 e. The normalized spacial score (nSPS) is 21.5. The van der Waals surface area contributed by atoms with Gasteiger partial charge in [0.15, 0.2) is 12.8 Å². The minimum absolute atomic E-state index is 0.0566. The van der Waals surface area contributed by atoms with Crippen LogP contribution >= 0.6 is 0 Å². The van der Waals surface area contributed by atoms with E-state index in [9.17, 15) is 9.90 Å². The number of allylic oxidation sites excluding steroid dienone is 4. The minimum atomic E-state index is -1.05. The van der Waals surface area contributed by atoms with Gasteiger partial charge in [-0.15, -0.1) is 0 Å². The summed E-state index contributed by atoms with van der Waals surface area (Å²) >= 11 is 0. The Morgan fingerprint density at radius 1 is 1.47 bits per heavy atom. The molecule has 3 rings (SSSR count). The maximum atomic E-state index is 10.6. The predicted octanol–water partition coefficient (Wildman–Crippen LogP) is -0.182. The summed E-state index contributed by atoms with van der Waals surface area (Å²) in [4.78, 5) is 15.1. The number of hydrogen-bond acceptors (Lipinski definition) is 3. The van der Waals surface area contributed by atoms with Crippen LogP contribution in [0.5, 0.6) is 0 Å². The molecule has 86 valence electrons. The van der Waals surface area contributed by atoms with Gasteiger partial charge in [0.2, 0.25) is 0 Å². The van der Waals surface area contributed by atoms with Crippen LogP contribution in [0.15, 0.2) is 40.1 Å². The number of carbonyl (C=O) groups is 1. The van der Waals surface area contributed by atoms with E-state index in [4.69, 9.17) is 0 Å². The molecule has 0 spiro atoms. The number of rotatable bonds is 2. The van der Waals surface area contributed by atoms with Crippen molar-refractivity contribution < 1.29 is 14.5 Å². The van der Waals surface area contributed by atoms with E-state index in [0.717, 1.165) is 30.8 Å². The van der Waals surface area contributed by atoms with Crippen molar-refractivity contribution in [2.45, 2.75) is 12.8 Å². The molecule has 0 saturated carbocycles. The monoisotopic (exact) mass is 228 g/mol. The molecular weight excluding hydrogens is 216 g/mol. The van der Waals surface area contributed by atoms with Gasteiger partial charge in [-0.2, -0.15) is 0 Å². The van der Waals surface area contributed by atoms with Crippen LogP contribution in [0.1, 0.15) is 12.8 Å². The quantitative estimate of drug-likeness (QED) is 0.615. The summed E-state index contributed by atoms with van der Waals surface area (Å²) in [5, 5.41) is 10.6. The fourth-order valence-corrected chi connectivity index (χ4v) is 2.45. The van der Waals surface area contributed by atoms with Gasteiger partial charge < -0.3 is 9.90 Å². The van der Waals surface area contributed by atoms with Gasteiger partial charge in [0.1, 0.15) is 18.2 Å². The van der Waals surface area contributed by atoms with E-state index in [2.05, 4.69) is 11.1 Å². The van der Waals surface area contributed by atoms with Crippen LogP contribution in [-0.4, -0.2) is 35.6 Å². The zero-order chi connectivity index (χ0) is 11.8. The van der Waals surface area contributed by atoms with Gasteiger partial charge in [-0.25, -0.2) is 9.57 Å². The van der Waals surface area contributed by atoms with Crippen LogP contribution in [0.25, 0.3) is 0 Å². The van der Waals surface area contributed by atoms with Gasteiger partial charge in [0, 0.05) is 6.42 Å². The first-order valence-electron chi connectivity index (χ1n) is 5.71. The molecule has 0 amide bonds. The predicted molar refractivity (Wildman–Crippen MR) is 62.0 cm³/mol. The molecule has 4 nitrogen and oxygen atoms in total. The lowest BCUT2D eigenvalue weighted by atomic mass is 9.95. The fraction of sp³-hybridized carbons (Fsp3) is 0.308. The number of nitrogens with zero attached hydrogens (tertiary/aromatic N) is 2. The van der Waals surface area contributed by atoms with E-state index >= 15 is 0 Å². The Morgan fingerprint density at radius 3 is 3.18 bits per heavy atom. The summed E-state index contributed by atoms with van der Waals surface area (Å²) in [7, 11) is 0. The van der Waals surface area contributed by atoms with Crippen molar-refractivity contribution in [1.29, 1.82) is 0 Å². The molecule has 0 unspecified atom stereocenters. The van der Waals surface area contributed by atoms with Gasteiger partial charge in [-0.1, -0.05) is 12.2 Å². The summed E-state index contributed by atoms with van der Waals surface area (Å²) < 4.78 is 1.75. The van der Waals surface area contributed by atoms with Crippen molar-refractivity contribution in [3.8, 4) is 0 Å². The largest absolute Gasteiger partial charge is 0.544 e. The highest BCUT2D eigenvalue weighted by atomic mass is 16.4. The third-order valence-electron chi connectivity index (χ3n) is 3.22. The lowest BCUT2D eigenvalue weighted by Gasteiger charge is -2.13. The topological polar surface area (TPSA) is 55.5 Å². The summed E-state index contributed by atoms with van der Waals surface area (Å²) in [6.45, 7) is 0.668. The smallest absolute Gasteiger partial charge is 0.190 e. The van der Waals surface area contributed by atoms with Gasteiger partial charge in [-0.3, -0.25) is 0 Å². The summed E-state index contributed by atoms with van der Waals surface area (Å²) in [6, 6.07) is 0. The van der Waals surface area contributed by atoms with Crippen LogP contribution < -0.4 is 5.11 Å². The molecule has 0 aromatic heterocycles. The van der Waals surface area contributed by atoms with Crippen molar-refractivity contribution >= 4 is 17.9 Å². The average Bonchev–Trinajstić information content (AvgIpc) is 2.65. The van der Waals surface area contributed by atoms with E-state index < -0.39 is 5.97 Å². The van der Waals surface area contributed by atoms with Crippen molar-refractivity contribution in [3.63, 3.8) is 0 Å². The van der Waals surface area contributed by atoms with Crippen molar-refractivity contribution in [2.24, 2.45) is 4.99 Å². The molecule has 4 heteroatoms. The zero-order valence-electron chi connectivity index (χ0n) is 9.35.